The maximum absolute atomic E-state index is 9.76. The van der Waals surface area contributed by atoms with Gasteiger partial charge in [0.05, 0.1) is 6.10 Å². The van der Waals surface area contributed by atoms with Crippen molar-refractivity contribution in [1.29, 1.82) is 0 Å². The van der Waals surface area contributed by atoms with E-state index in [-0.39, 0.29) is 6.04 Å². The van der Waals surface area contributed by atoms with Gasteiger partial charge in [-0.1, -0.05) is 6.07 Å². The van der Waals surface area contributed by atoms with Crippen LogP contribution in [0.15, 0.2) is 36.7 Å². The maximum atomic E-state index is 9.76. The van der Waals surface area contributed by atoms with Gasteiger partial charge in [-0.05, 0) is 25.1 Å². The molecule has 74 valence electrons. The van der Waals surface area contributed by atoms with Crippen molar-refractivity contribution in [2.75, 3.05) is 0 Å². The minimum absolute atomic E-state index is 0.243. The highest BCUT2D eigenvalue weighted by Gasteiger charge is 2.13. The van der Waals surface area contributed by atoms with Crippen molar-refractivity contribution >= 4 is 5.52 Å². The number of nitrogens with two attached hydrogens (primary N) is 1. The predicted molar refractivity (Wildman–Crippen MR) is 56.0 cm³/mol. The van der Waals surface area contributed by atoms with Gasteiger partial charge in [0.25, 0.3) is 0 Å². The molecule has 0 saturated heterocycles. The zero-order valence-electron chi connectivity index (χ0n) is 8.09. The first-order valence-corrected chi connectivity index (χ1v) is 4.69. The lowest BCUT2D eigenvalue weighted by Gasteiger charge is -2.11. The van der Waals surface area contributed by atoms with E-state index in [1.807, 2.05) is 41.1 Å². The summed E-state index contributed by atoms with van der Waals surface area (Å²) in [6.45, 7) is 1.80. The molecule has 2 rings (SSSR count). The Morgan fingerprint density at radius 1 is 1.43 bits per heavy atom. The van der Waals surface area contributed by atoms with Crippen LogP contribution in [0.1, 0.15) is 18.6 Å². The monoisotopic (exact) mass is 190 g/mol. The van der Waals surface area contributed by atoms with Crippen molar-refractivity contribution in [2.45, 2.75) is 19.1 Å². The molecule has 0 spiro atoms. The number of nitrogens with zero attached hydrogens (tertiary/aromatic N) is 1. The Hall–Kier alpha value is -1.32. The molecule has 0 amide bonds. The van der Waals surface area contributed by atoms with E-state index in [1.165, 1.54) is 0 Å². The molecule has 0 saturated carbocycles. The molecule has 3 N–H and O–H groups in total. The quantitative estimate of drug-likeness (QED) is 0.750. The van der Waals surface area contributed by atoms with Crippen LogP contribution in [0, 0.1) is 0 Å². The van der Waals surface area contributed by atoms with Crippen molar-refractivity contribution in [3.05, 3.63) is 42.2 Å². The Kier molecular flexibility index (Phi) is 2.27. The number of hydrogen-bond acceptors (Lipinski definition) is 2. The van der Waals surface area contributed by atoms with Gasteiger partial charge in [0.15, 0.2) is 0 Å². The Bertz CT molecular complexity index is 401. The topological polar surface area (TPSA) is 50.7 Å². The molecule has 2 atom stereocenters. The molecule has 2 aromatic rings. The molecule has 3 nitrogen and oxygen atoms in total. The van der Waals surface area contributed by atoms with Crippen molar-refractivity contribution in [1.82, 2.24) is 4.40 Å². The molecule has 0 radical (unpaired) electrons. The van der Waals surface area contributed by atoms with Gasteiger partial charge in [-0.2, -0.15) is 0 Å². The molecule has 0 aliphatic carbocycles. The summed E-state index contributed by atoms with van der Waals surface area (Å²) < 4.78 is 1.97. The van der Waals surface area contributed by atoms with Crippen LogP contribution in [0.4, 0.5) is 0 Å². The molecular formula is C11H14N2O. The van der Waals surface area contributed by atoms with E-state index in [9.17, 15) is 5.11 Å². The van der Waals surface area contributed by atoms with Crippen LogP contribution in [0.25, 0.3) is 5.52 Å². The molecule has 0 aliphatic heterocycles. The minimum Gasteiger partial charge on any atom is -0.387 e. The van der Waals surface area contributed by atoms with Gasteiger partial charge in [0.2, 0.25) is 0 Å². The molecule has 0 fully saturated rings. The van der Waals surface area contributed by atoms with Crippen LogP contribution in [-0.4, -0.2) is 15.5 Å². The first-order valence-electron chi connectivity index (χ1n) is 4.69. The summed E-state index contributed by atoms with van der Waals surface area (Å²) in [6, 6.07) is 7.63. The molecule has 14 heavy (non-hydrogen) atoms. The number of rotatable bonds is 2. The summed E-state index contributed by atoms with van der Waals surface area (Å²) in [5.41, 5.74) is 7.57. The number of pyridine rings is 1. The lowest BCUT2D eigenvalue weighted by Crippen LogP contribution is -2.23. The first kappa shape index (κ1) is 9.24. The maximum Gasteiger partial charge on any atom is 0.0953 e. The fourth-order valence-corrected chi connectivity index (χ4v) is 1.54. The minimum atomic E-state index is -0.588. The number of aromatic nitrogens is 1. The second kappa shape index (κ2) is 3.44. The lowest BCUT2D eigenvalue weighted by molar-refractivity contribution is 0.153. The largest absolute Gasteiger partial charge is 0.387 e. The van der Waals surface area contributed by atoms with Gasteiger partial charge in [-0.25, -0.2) is 0 Å². The third-order valence-corrected chi connectivity index (χ3v) is 2.37. The third kappa shape index (κ3) is 1.52. The second-order valence-electron chi connectivity index (χ2n) is 3.61. The Morgan fingerprint density at radius 3 is 2.86 bits per heavy atom. The average molecular weight is 190 g/mol. The zero-order chi connectivity index (χ0) is 10.1. The van der Waals surface area contributed by atoms with Crippen LogP contribution in [0.3, 0.4) is 0 Å². The normalized spacial score (nSPS) is 15.6. The van der Waals surface area contributed by atoms with Crippen LogP contribution in [0.2, 0.25) is 0 Å². The molecule has 2 heterocycles. The summed E-state index contributed by atoms with van der Waals surface area (Å²) in [4.78, 5) is 0. The second-order valence-corrected chi connectivity index (χ2v) is 3.61. The lowest BCUT2D eigenvalue weighted by atomic mass is 10.1. The van der Waals surface area contributed by atoms with Gasteiger partial charge in [-0.15, -0.1) is 0 Å². The predicted octanol–water partition coefficient (Wildman–Crippen LogP) is 1.32. The first-order chi connectivity index (χ1) is 6.68. The van der Waals surface area contributed by atoms with Crippen molar-refractivity contribution in [3.8, 4) is 0 Å². The average Bonchev–Trinajstić information content (AvgIpc) is 2.59. The summed E-state index contributed by atoms with van der Waals surface area (Å²) >= 11 is 0. The van der Waals surface area contributed by atoms with E-state index in [2.05, 4.69) is 0 Å². The van der Waals surface area contributed by atoms with Gasteiger partial charge in [0.1, 0.15) is 0 Å². The summed E-state index contributed by atoms with van der Waals surface area (Å²) in [5, 5.41) is 9.76. The van der Waals surface area contributed by atoms with Crippen molar-refractivity contribution in [2.24, 2.45) is 5.73 Å². The molecule has 3 heteroatoms. The summed E-state index contributed by atoms with van der Waals surface area (Å²) in [5.74, 6) is 0. The van der Waals surface area contributed by atoms with E-state index in [0.717, 1.165) is 11.1 Å². The molecule has 0 bridgehead atoms. The molecule has 0 aliphatic rings. The number of aliphatic hydroxyl groups is 1. The van der Waals surface area contributed by atoms with E-state index < -0.39 is 6.10 Å². The summed E-state index contributed by atoms with van der Waals surface area (Å²) in [6.07, 6.45) is 3.27. The highest BCUT2D eigenvalue weighted by Crippen LogP contribution is 2.18. The molecular weight excluding hydrogens is 176 g/mol. The van der Waals surface area contributed by atoms with E-state index in [0.29, 0.717) is 0 Å². The smallest absolute Gasteiger partial charge is 0.0953 e. The SMILES string of the molecule is C[C@H](N)[C@H](O)c1cc2ccccn2c1. The van der Waals surface area contributed by atoms with Crippen LogP contribution >= 0.6 is 0 Å². The van der Waals surface area contributed by atoms with Gasteiger partial charge in [0, 0.05) is 29.5 Å². The molecule has 0 aromatic carbocycles. The van der Waals surface area contributed by atoms with Gasteiger partial charge < -0.3 is 15.2 Å². The van der Waals surface area contributed by atoms with Crippen molar-refractivity contribution < 1.29 is 5.11 Å². The fraction of sp³-hybridized carbons (Fsp3) is 0.273. The molecule has 0 unspecified atom stereocenters. The number of hydrogen-bond donors (Lipinski definition) is 2. The fourth-order valence-electron chi connectivity index (χ4n) is 1.54. The third-order valence-electron chi connectivity index (χ3n) is 2.37. The van der Waals surface area contributed by atoms with Crippen LogP contribution < -0.4 is 5.73 Å². The van der Waals surface area contributed by atoms with Gasteiger partial charge >= 0.3 is 0 Å². The Labute approximate surface area is 82.8 Å². The van der Waals surface area contributed by atoms with Crippen LogP contribution in [-0.2, 0) is 0 Å². The van der Waals surface area contributed by atoms with E-state index >= 15 is 0 Å². The number of fused-ring (bicyclic) bond motifs is 1. The summed E-state index contributed by atoms with van der Waals surface area (Å²) in [7, 11) is 0. The highest BCUT2D eigenvalue weighted by molar-refractivity contribution is 5.50. The van der Waals surface area contributed by atoms with Gasteiger partial charge in [-0.3, -0.25) is 0 Å². The number of aliphatic hydroxyl groups excluding tert-OH is 1. The Balaban J connectivity index is 2.45. The zero-order valence-corrected chi connectivity index (χ0v) is 8.09. The van der Waals surface area contributed by atoms with E-state index in [1.54, 1.807) is 6.92 Å². The Morgan fingerprint density at radius 2 is 2.21 bits per heavy atom. The van der Waals surface area contributed by atoms with Crippen LogP contribution in [0.5, 0.6) is 0 Å². The molecule has 2 aromatic heterocycles. The van der Waals surface area contributed by atoms with E-state index in [4.69, 9.17) is 5.73 Å². The standard InChI is InChI=1S/C11H14N2O/c1-8(12)11(14)9-6-10-4-2-3-5-13(10)7-9/h2-8,11,14H,12H2,1H3/t8-,11-/m0/s1. The highest BCUT2D eigenvalue weighted by atomic mass is 16.3. The van der Waals surface area contributed by atoms with Crippen molar-refractivity contribution in [3.63, 3.8) is 0 Å².